The van der Waals surface area contributed by atoms with Crippen molar-refractivity contribution in [2.24, 2.45) is 0 Å². The van der Waals surface area contributed by atoms with Gasteiger partial charge in [0.25, 0.3) is 0 Å². The normalized spacial score (nSPS) is 9.90. The minimum absolute atomic E-state index is 0.502. The van der Waals surface area contributed by atoms with E-state index in [1.807, 2.05) is 30.5 Å². The number of para-hydroxylation sites is 1. The summed E-state index contributed by atoms with van der Waals surface area (Å²) in [5.74, 6) is 0. The Hall–Kier alpha value is -2.54. The van der Waals surface area contributed by atoms with Crippen molar-refractivity contribution in [3.8, 4) is 6.07 Å². The molecule has 0 saturated carbocycles. The molecule has 0 aliphatic carbocycles. The Morgan fingerprint density at radius 1 is 1.24 bits per heavy atom. The molecule has 1 aromatic heterocycles. The zero-order valence-corrected chi connectivity index (χ0v) is 12.3. The fraction of sp³-hybridized carbons (Fsp3) is 0.294. The first kappa shape index (κ1) is 14.9. The van der Waals surface area contributed by atoms with Gasteiger partial charge in [0.05, 0.1) is 24.7 Å². The summed E-state index contributed by atoms with van der Waals surface area (Å²) < 4.78 is 0. The molecule has 0 radical (unpaired) electrons. The van der Waals surface area contributed by atoms with Crippen LogP contribution in [-0.2, 0) is 6.54 Å². The van der Waals surface area contributed by atoms with E-state index in [0.29, 0.717) is 19.5 Å². The van der Waals surface area contributed by atoms with Crippen LogP contribution in [0.2, 0.25) is 0 Å². The second-order valence-electron chi connectivity index (χ2n) is 4.73. The first-order valence-corrected chi connectivity index (χ1v) is 7.19. The van der Waals surface area contributed by atoms with E-state index in [9.17, 15) is 0 Å². The van der Waals surface area contributed by atoms with Gasteiger partial charge in [-0.15, -0.1) is 0 Å². The van der Waals surface area contributed by atoms with Gasteiger partial charge in [-0.3, -0.25) is 4.98 Å². The van der Waals surface area contributed by atoms with Crippen LogP contribution in [0.1, 0.15) is 19.0 Å². The highest BCUT2D eigenvalue weighted by Crippen LogP contribution is 2.17. The SMILES string of the molecule is CCNc1ccnc(CN(CCC#N)c2ccccc2)c1. The summed E-state index contributed by atoms with van der Waals surface area (Å²) in [6.07, 6.45) is 2.32. The molecule has 108 valence electrons. The molecule has 2 rings (SSSR count). The van der Waals surface area contributed by atoms with E-state index in [-0.39, 0.29) is 0 Å². The van der Waals surface area contributed by atoms with Gasteiger partial charge in [0, 0.05) is 30.7 Å². The van der Waals surface area contributed by atoms with Gasteiger partial charge in [-0.05, 0) is 31.2 Å². The molecule has 1 aromatic carbocycles. The second kappa shape index (κ2) is 7.91. The molecule has 0 atom stereocenters. The highest BCUT2D eigenvalue weighted by atomic mass is 15.1. The van der Waals surface area contributed by atoms with Crippen LogP contribution in [0, 0.1) is 11.3 Å². The molecular formula is C17H20N4. The third kappa shape index (κ3) is 4.50. The van der Waals surface area contributed by atoms with E-state index in [1.54, 1.807) is 0 Å². The lowest BCUT2D eigenvalue weighted by Gasteiger charge is -2.23. The lowest BCUT2D eigenvalue weighted by Crippen LogP contribution is -2.24. The van der Waals surface area contributed by atoms with Crippen molar-refractivity contribution >= 4 is 11.4 Å². The quantitative estimate of drug-likeness (QED) is 0.844. The highest BCUT2D eigenvalue weighted by Gasteiger charge is 2.08. The average Bonchev–Trinajstić information content (AvgIpc) is 2.53. The van der Waals surface area contributed by atoms with Gasteiger partial charge < -0.3 is 10.2 Å². The summed E-state index contributed by atoms with van der Waals surface area (Å²) in [5.41, 5.74) is 3.19. The van der Waals surface area contributed by atoms with Crippen LogP contribution >= 0.6 is 0 Å². The molecule has 0 aliphatic rings. The van der Waals surface area contributed by atoms with Crippen molar-refractivity contribution in [1.82, 2.24) is 4.98 Å². The monoisotopic (exact) mass is 280 g/mol. The lowest BCUT2D eigenvalue weighted by atomic mass is 10.2. The Morgan fingerprint density at radius 3 is 2.76 bits per heavy atom. The smallest absolute Gasteiger partial charge is 0.0640 e. The molecule has 0 spiro atoms. The average molecular weight is 280 g/mol. The number of aromatic nitrogens is 1. The molecule has 0 amide bonds. The maximum absolute atomic E-state index is 8.84. The summed E-state index contributed by atoms with van der Waals surface area (Å²) in [6.45, 7) is 4.36. The first-order valence-electron chi connectivity index (χ1n) is 7.19. The molecular weight excluding hydrogens is 260 g/mol. The molecule has 2 aromatic rings. The van der Waals surface area contributed by atoms with Crippen LogP contribution in [0.4, 0.5) is 11.4 Å². The number of nitrogens with zero attached hydrogens (tertiary/aromatic N) is 3. The first-order chi connectivity index (χ1) is 10.3. The third-order valence-electron chi connectivity index (χ3n) is 3.17. The Labute approximate surface area is 126 Å². The van der Waals surface area contributed by atoms with Crippen molar-refractivity contribution in [2.45, 2.75) is 19.9 Å². The summed E-state index contributed by atoms with van der Waals surface area (Å²) in [6, 6.07) is 16.4. The number of nitriles is 1. The fourth-order valence-electron chi connectivity index (χ4n) is 2.20. The third-order valence-corrected chi connectivity index (χ3v) is 3.17. The van der Waals surface area contributed by atoms with E-state index in [0.717, 1.165) is 23.6 Å². The predicted molar refractivity (Wildman–Crippen MR) is 86.1 cm³/mol. The minimum atomic E-state index is 0.502. The van der Waals surface area contributed by atoms with Crippen molar-refractivity contribution in [2.75, 3.05) is 23.3 Å². The Morgan fingerprint density at radius 2 is 2.05 bits per heavy atom. The van der Waals surface area contributed by atoms with Crippen LogP contribution in [0.3, 0.4) is 0 Å². The van der Waals surface area contributed by atoms with Gasteiger partial charge >= 0.3 is 0 Å². The van der Waals surface area contributed by atoms with Crippen molar-refractivity contribution < 1.29 is 0 Å². The number of nitrogens with one attached hydrogen (secondary N) is 1. The van der Waals surface area contributed by atoms with E-state index < -0.39 is 0 Å². The van der Waals surface area contributed by atoms with E-state index >= 15 is 0 Å². The van der Waals surface area contributed by atoms with Crippen LogP contribution < -0.4 is 10.2 Å². The molecule has 0 saturated heterocycles. The number of hydrogen-bond acceptors (Lipinski definition) is 4. The zero-order valence-electron chi connectivity index (χ0n) is 12.3. The molecule has 1 heterocycles. The standard InChI is InChI=1S/C17H20N4/c1-2-19-15-9-11-20-16(13-15)14-21(12-6-10-18)17-7-4-3-5-8-17/h3-5,7-9,11,13H,2,6,12,14H2,1H3,(H,19,20). The van der Waals surface area contributed by atoms with Gasteiger partial charge in [-0.25, -0.2) is 0 Å². The Balaban J connectivity index is 2.15. The molecule has 0 unspecified atom stereocenters. The van der Waals surface area contributed by atoms with Gasteiger partial charge in [-0.1, -0.05) is 18.2 Å². The predicted octanol–water partition coefficient (Wildman–Crippen LogP) is 3.43. The maximum Gasteiger partial charge on any atom is 0.0640 e. The minimum Gasteiger partial charge on any atom is -0.385 e. The van der Waals surface area contributed by atoms with Gasteiger partial charge in [-0.2, -0.15) is 5.26 Å². The van der Waals surface area contributed by atoms with Crippen molar-refractivity contribution in [3.05, 3.63) is 54.4 Å². The number of benzene rings is 1. The van der Waals surface area contributed by atoms with Crippen LogP contribution in [0.25, 0.3) is 0 Å². The van der Waals surface area contributed by atoms with Gasteiger partial charge in [0.2, 0.25) is 0 Å². The van der Waals surface area contributed by atoms with E-state index in [1.165, 1.54) is 0 Å². The molecule has 4 nitrogen and oxygen atoms in total. The summed E-state index contributed by atoms with van der Waals surface area (Å²) in [5, 5.41) is 12.1. The van der Waals surface area contributed by atoms with Crippen molar-refractivity contribution in [3.63, 3.8) is 0 Å². The van der Waals surface area contributed by atoms with Crippen LogP contribution in [0.15, 0.2) is 48.7 Å². The summed E-state index contributed by atoms with van der Waals surface area (Å²) in [7, 11) is 0. The zero-order chi connectivity index (χ0) is 14.9. The molecule has 21 heavy (non-hydrogen) atoms. The Kier molecular flexibility index (Phi) is 5.60. The molecule has 0 aliphatic heterocycles. The van der Waals surface area contributed by atoms with Crippen LogP contribution in [-0.4, -0.2) is 18.1 Å². The van der Waals surface area contributed by atoms with Crippen LogP contribution in [0.5, 0.6) is 0 Å². The number of rotatable bonds is 7. The number of hydrogen-bond donors (Lipinski definition) is 1. The lowest BCUT2D eigenvalue weighted by molar-refractivity contribution is 0.781. The molecule has 1 N–H and O–H groups in total. The molecule has 0 fully saturated rings. The Bertz CT molecular complexity index is 589. The molecule has 4 heteroatoms. The van der Waals surface area contributed by atoms with Gasteiger partial charge in [0.15, 0.2) is 0 Å². The highest BCUT2D eigenvalue weighted by molar-refractivity contribution is 5.48. The number of anilines is 2. The summed E-state index contributed by atoms with van der Waals surface area (Å²) in [4.78, 5) is 6.61. The second-order valence-corrected chi connectivity index (χ2v) is 4.73. The number of pyridine rings is 1. The maximum atomic E-state index is 8.84. The fourth-order valence-corrected chi connectivity index (χ4v) is 2.20. The molecule has 0 bridgehead atoms. The van der Waals surface area contributed by atoms with E-state index in [4.69, 9.17) is 5.26 Å². The topological polar surface area (TPSA) is 52.0 Å². The van der Waals surface area contributed by atoms with E-state index in [2.05, 4.69) is 46.4 Å². The van der Waals surface area contributed by atoms with Gasteiger partial charge in [0.1, 0.15) is 0 Å². The largest absolute Gasteiger partial charge is 0.385 e. The van der Waals surface area contributed by atoms with Crippen molar-refractivity contribution in [1.29, 1.82) is 5.26 Å². The summed E-state index contributed by atoms with van der Waals surface area (Å²) >= 11 is 0.